The third kappa shape index (κ3) is 3.66. The lowest BCUT2D eigenvalue weighted by Crippen LogP contribution is -2.13. The van der Waals surface area contributed by atoms with Crippen LogP contribution in [-0.2, 0) is 6.54 Å². The van der Waals surface area contributed by atoms with Crippen molar-refractivity contribution in [2.24, 2.45) is 0 Å². The summed E-state index contributed by atoms with van der Waals surface area (Å²) in [4.78, 5) is 16.4. The van der Waals surface area contributed by atoms with E-state index >= 15 is 0 Å². The number of carbonyl (C=O) groups excluding carboxylic acids is 1. The van der Waals surface area contributed by atoms with Gasteiger partial charge in [-0.25, -0.2) is 4.98 Å². The number of anilines is 1. The van der Waals surface area contributed by atoms with E-state index < -0.39 is 0 Å². The number of hydrogen-bond acceptors (Lipinski definition) is 2. The van der Waals surface area contributed by atoms with Gasteiger partial charge in [-0.15, -0.1) is 0 Å². The van der Waals surface area contributed by atoms with Crippen LogP contribution in [0.1, 0.15) is 27.0 Å². The minimum atomic E-state index is -0.0899. The van der Waals surface area contributed by atoms with Gasteiger partial charge in [0.25, 0.3) is 5.91 Å². The van der Waals surface area contributed by atoms with Gasteiger partial charge in [0.2, 0.25) is 0 Å². The lowest BCUT2D eigenvalue weighted by atomic mass is 10.1. The number of amides is 1. The summed E-state index contributed by atoms with van der Waals surface area (Å²) in [6.45, 7) is 4.75. The summed E-state index contributed by atoms with van der Waals surface area (Å²) in [5, 5.41) is 2.98. The first-order chi connectivity index (χ1) is 11.1. The SMILES string of the molecule is Cc1ccc(C)c(NC(=O)c2ccc(Cn3ccnc3)cc2)c1. The van der Waals surface area contributed by atoms with Crippen molar-refractivity contribution in [3.05, 3.63) is 83.4 Å². The number of nitrogens with one attached hydrogen (secondary N) is 1. The lowest BCUT2D eigenvalue weighted by molar-refractivity contribution is 0.102. The van der Waals surface area contributed by atoms with Crippen LogP contribution in [-0.4, -0.2) is 15.5 Å². The summed E-state index contributed by atoms with van der Waals surface area (Å²) >= 11 is 0. The summed E-state index contributed by atoms with van der Waals surface area (Å²) in [5.41, 5.74) is 4.83. The number of aromatic nitrogens is 2. The molecule has 0 saturated carbocycles. The average molecular weight is 305 g/mol. The molecule has 0 spiro atoms. The molecule has 1 aromatic heterocycles. The molecule has 0 radical (unpaired) electrons. The van der Waals surface area contributed by atoms with Crippen molar-refractivity contribution in [3.8, 4) is 0 Å². The summed E-state index contributed by atoms with van der Waals surface area (Å²) in [7, 11) is 0. The molecule has 0 fully saturated rings. The molecular weight excluding hydrogens is 286 g/mol. The summed E-state index contributed by atoms with van der Waals surface area (Å²) in [6, 6.07) is 13.7. The molecule has 0 aliphatic rings. The molecule has 4 heteroatoms. The van der Waals surface area contributed by atoms with Crippen LogP contribution < -0.4 is 5.32 Å². The van der Waals surface area contributed by atoms with E-state index in [1.165, 1.54) is 0 Å². The smallest absolute Gasteiger partial charge is 0.255 e. The van der Waals surface area contributed by atoms with Crippen molar-refractivity contribution in [2.75, 3.05) is 5.32 Å². The van der Waals surface area contributed by atoms with Gasteiger partial charge >= 0.3 is 0 Å². The van der Waals surface area contributed by atoms with E-state index in [4.69, 9.17) is 0 Å². The van der Waals surface area contributed by atoms with Crippen LogP contribution in [0.25, 0.3) is 0 Å². The standard InChI is InChI=1S/C19H19N3O/c1-14-3-4-15(2)18(11-14)21-19(23)17-7-5-16(6-8-17)12-22-10-9-20-13-22/h3-11,13H,12H2,1-2H3,(H,21,23). The molecule has 0 aliphatic carbocycles. The third-order valence-corrected chi connectivity index (χ3v) is 3.78. The zero-order chi connectivity index (χ0) is 16.2. The molecule has 23 heavy (non-hydrogen) atoms. The van der Waals surface area contributed by atoms with Crippen LogP contribution in [0.2, 0.25) is 0 Å². The van der Waals surface area contributed by atoms with E-state index in [1.54, 1.807) is 12.5 Å². The van der Waals surface area contributed by atoms with Crippen molar-refractivity contribution in [2.45, 2.75) is 20.4 Å². The number of benzene rings is 2. The van der Waals surface area contributed by atoms with E-state index in [9.17, 15) is 4.79 Å². The molecule has 3 aromatic rings. The molecular formula is C19H19N3O. The van der Waals surface area contributed by atoms with Crippen LogP contribution in [0.5, 0.6) is 0 Å². The highest BCUT2D eigenvalue weighted by molar-refractivity contribution is 6.04. The first-order valence-electron chi connectivity index (χ1n) is 7.55. The van der Waals surface area contributed by atoms with Crippen LogP contribution >= 0.6 is 0 Å². The van der Waals surface area contributed by atoms with Crippen molar-refractivity contribution < 1.29 is 4.79 Å². The number of nitrogens with zero attached hydrogens (tertiary/aromatic N) is 2. The number of hydrogen-bond donors (Lipinski definition) is 1. The monoisotopic (exact) mass is 305 g/mol. The van der Waals surface area contributed by atoms with Crippen LogP contribution in [0.15, 0.2) is 61.2 Å². The van der Waals surface area contributed by atoms with Gasteiger partial charge in [-0.1, -0.05) is 24.3 Å². The summed E-state index contributed by atoms with van der Waals surface area (Å²) in [6.07, 6.45) is 5.45. The molecule has 1 heterocycles. The van der Waals surface area contributed by atoms with Gasteiger partial charge in [0.05, 0.1) is 6.33 Å². The van der Waals surface area contributed by atoms with Crippen molar-refractivity contribution in [3.63, 3.8) is 0 Å². The number of imidazole rings is 1. The van der Waals surface area contributed by atoms with E-state index in [0.29, 0.717) is 5.56 Å². The first kappa shape index (κ1) is 15.0. The lowest BCUT2D eigenvalue weighted by Gasteiger charge is -2.10. The van der Waals surface area contributed by atoms with E-state index in [0.717, 1.165) is 28.9 Å². The normalized spacial score (nSPS) is 10.5. The Balaban J connectivity index is 1.71. The van der Waals surface area contributed by atoms with Crippen molar-refractivity contribution in [1.29, 1.82) is 0 Å². The van der Waals surface area contributed by atoms with E-state index in [2.05, 4.69) is 10.3 Å². The maximum absolute atomic E-state index is 12.4. The minimum absolute atomic E-state index is 0.0899. The maximum atomic E-state index is 12.4. The fourth-order valence-electron chi connectivity index (χ4n) is 2.42. The average Bonchev–Trinajstić information content (AvgIpc) is 3.04. The molecule has 1 amide bonds. The highest BCUT2D eigenvalue weighted by atomic mass is 16.1. The van der Waals surface area contributed by atoms with Gasteiger partial charge in [0, 0.05) is 30.2 Å². The number of aryl methyl sites for hydroxylation is 2. The number of carbonyl (C=O) groups is 1. The zero-order valence-corrected chi connectivity index (χ0v) is 13.3. The molecule has 0 saturated heterocycles. The second-order valence-corrected chi connectivity index (χ2v) is 5.70. The Kier molecular flexibility index (Phi) is 4.24. The third-order valence-electron chi connectivity index (χ3n) is 3.78. The maximum Gasteiger partial charge on any atom is 0.255 e. The van der Waals surface area contributed by atoms with E-state index in [-0.39, 0.29) is 5.91 Å². The van der Waals surface area contributed by atoms with Gasteiger partial charge < -0.3 is 9.88 Å². The Bertz CT molecular complexity index is 805. The van der Waals surface area contributed by atoms with Gasteiger partial charge in [-0.2, -0.15) is 0 Å². The Morgan fingerprint density at radius 2 is 1.91 bits per heavy atom. The van der Waals surface area contributed by atoms with Crippen LogP contribution in [0.4, 0.5) is 5.69 Å². The van der Waals surface area contributed by atoms with Crippen LogP contribution in [0.3, 0.4) is 0 Å². The van der Waals surface area contributed by atoms with Crippen LogP contribution in [0, 0.1) is 13.8 Å². The predicted octanol–water partition coefficient (Wildman–Crippen LogP) is 3.80. The molecule has 0 aliphatic heterocycles. The Hall–Kier alpha value is -2.88. The molecule has 0 unspecified atom stereocenters. The molecule has 0 atom stereocenters. The molecule has 116 valence electrons. The van der Waals surface area contributed by atoms with E-state index in [1.807, 2.05) is 67.1 Å². The fraction of sp³-hybridized carbons (Fsp3) is 0.158. The Morgan fingerprint density at radius 1 is 1.13 bits per heavy atom. The van der Waals surface area contributed by atoms with Crippen molar-refractivity contribution >= 4 is 11.6 Å². The minimum Gasteiger partial charge on any atom is -0.333 e. The largest absolute Gasteiger partial charge is 0.333 e. The predicted molar refractivity (Wildman–Crippen MR) is 91.6 cm³/mol. The van der Waals surface area contributed by atoms with Gasteiger partial charge in [-0.3, -0.25) is 4.79 Å². The van der Waals surface area contributed by atoms with Crippen molar-refractivity contribution in [1.82, 2.24) is 9.55 Å². The van der Waals surface area contributed by atoms with Gasteiger partial charge in [0.1, 0.15) is 0 Å². The Labute approximate surface area is 135 Å². The van der Waals surface area contributed by atoms with Gasteiger partial charge in [-0.05, 0) is 48.7 Å². The molecule has 3 rings (SSSR count). The summed E-state index contributed by atoms with van der Waals surface area (Å²) < 4.78 is 1.99. The summed E-state index contributed by atoms with van der Waals surface area (Å²) in [5.74, 6) is -0.0899. The molecule has 1 N–H and O–H groups in total. The molecule has 2 aromatic carbocycles. The highest BCUT2D eigenvalue weighted by Gasteiger charge is 2.08. The molecule has 0 bridgehead atoms. The highest BCUT2D eigenvalue weighted by Crippen LogP contribution is 2.17. The molecule has 4 nitrogen and oxygen atoms in total. The Morgan fingerprint density at radius 3 is 2.61 bits per heavy atom. The second-order valence-electron chi connectivity index (χ2n) is 5.70. The van der Waals surface area contributed by atoms with Gasteiger partial charge in [0.15, 0.2) is 0 Å². The quantitative estimate of drug-likeness (QED) is 0.797. The second kappa shape index (κ2) is 6.48. The fourth-order valence-corrected chi connectivity index (χ4v) is 2.42. The first-order valence-corrected chi connectivity index (χ1v) is 7.55. The zero-order valence-electron chi connectivity index (χ0n) is 13.3. The topological polar surface area (TPSA) is 46.9 Å². The number of rotatable bonds is 4.